The van der Waals surface area contributed by atoms with E-state index in [-0.39, 0.29) is 0 Å². The van der Waals surface area contributed by atoms with Gasteiger partial charge < -0.3 is 20.1 Å². The predicted molar refractivity (Wildman–Crippen MR) is 118 cm³/mol. The molecule has 0 unspecified atom stereocenters. The van der Waals surface area contributed by atoms with Gasteiger partial charge in [0.1, 0.15) is 17.5 Å². The number of rotatable bonds is 8. The van der Waals surface area contributed by atoms with Crippen molar-refractivity contribution in [3.8, 4) is 11.5 Å². The van der Waals surface area contributed by atoms with Gasteiger partial charge in [-0.25, -0.2) is 9.97 Å². The van der Waals surface area contributed by atoms with E-state index in [1.165, 1.54) is 11.1 Å². The summed E-state index contributed by atoms with van der Waals surface area (Å²) in [5, 5.41) is 6.75. The van der Waals surface area contributed by atoms with E-state index in [1.54, 1.807) is 14.2 Å². The van der Waals surface area contributed by atoms with Crippen LogP contribution < -0.4 is 20.1 Å². The second-order valence-corrected chi connectivity index (χ2v) is 6.98. The number of anilines is 3. The highest BCUT2D eigenvalue weighted by Crippen LogP contribution is 2.27. The van der Waals surface area contributed by atoms with Gasteiger partial charge in [-0.1, -0.05) is 12.1 Å². The lowest BCUT2D eigenvalue weighted by Gasteiger charge is -2.12. The maximum atomic E-state index is 5.37. The zero-order valence-electron chi connectivity index (χ0n) is 17.7. The molecule has 6 nitrogen and oxygen atoms in total. The van der Waals surface area contributed by atoms with E-state index in [1.807, 2.05) is 31.2 Å². The van der Waals surface area contributed by atoms with Gasteiger partial charge in [0.05, 0.1) is 14.2 Å². The van der Waals surface area contributed by atoms with Gasteiger partial charge in [-0.2, -0.15) is 0 Å². The summed E-state index contributed by atoms with van der Waals surface area (Å²) in [6.07, 6.45) is 0.837. The Labute approximate surface area is 172 Å². The maximum Gasteiger partial charge on any atom is 0.160 e. The fraction of sp³-hybridized carbons (Fsp3) is 0.304. The van der Waals surface area contributed by atoms with E-state index in [2.05, 4.69) is 52.6 Å². The molecule has 0 radical (unpaired) electrons. The Balaban J connectivity index is 1.65. The molecule has 6 heteroatoms. The summed E-state index contributed by atoms with van der Waals surface area (Å²) in [5.41, 5.74) is 4.69. The third-order valence-corrected chi connectivity index (χ3v) is 4.79. The molecule has 0 saturated carbocycles. The largest absolute Gasteiger partial charge is 0.493 e. The van der Waals surface area contributed by atoms with Gasteiger partial charge in [0.2, 0.25) is 0 Å². The van der Waals surface area contributed by atoms with Crippen LogP contribution in [0.1, 0.15) is 22.5 Å². The molecule has 0 bridgehead atoms. The topological polar surface area (TPSA) is 68.3 Å². The smallest absolute Gasteiger partial charge is 0.160 e. The van der Waals surface area contributed by atoms with Crippen molar-refractivity contribution in [2.45, 2.75) is 27.2 Å². The molecule has 0 spiro atoms. The molecule has 0 atom stereocenters. The summed E-state index contributed by atoms with van der Waals surface area (Å²) in [7, 11) is 3.29. The van der Waals surface area contributed by atoms with Crippen molar-refractivity contribution in [1.82, 2.24) is 9.97 Å². The van der Waals surface area contributed by atoms with Crippen molar-refractivity contribution in [2.75, 3.05) is 31.4 Å². The first-order valence-electron chi connectivity index (χ1n) is 9.63. The molecule has 0 aliphatic rings. The van der Waals surface area contributed by atoms with Gasteiger partial charge in [-0.3, -0.25) is 0 Å². The Kier molecular flexibility index (Phi) is 6.54. The van der Waals surface area contributed by atoms with Crippen molar-refractivity contribution in [1.29, 1.82) is 0 Å². The summed E-state index contributed by atoms with van der Waals surface area (Å²) in [6.45, 7) is 6.85. The first-order chi connectivity index (χ1) is 14.0. The standard InChI is InChI=1S/C23H28N4O2/c1-15-6-8-19(12-16(15)2)27-23-14-22(25-17(3)26-23)24-11-10-18-7-9-20(28-4)21(13-18)29-5/h6-9,12-14H,10-11H2,1-5H3,(H2,24,25,26,27). The highest BCUT2D eigenvalue weighted by molar-refractivity contribution is 5.60. The van der Waals surface area contributed by atoms with E-state index in [9.17, 15) is 0 Å². The molecular weight excluding hydrogens is 364 g/mol. The molecule has 1 heterocycles. The lowest BCUT2D eigenvalue weighted by Crippen LogP contribution is -2.08. The van der Waals surface area contributed by atoms with E-state index >= 15 is 0 Å². The number of aryl methyl sites for hydroxylation is 3. The molecule has 0 aliphatic heterocycles. The van der Waals surface area contributed by atoms with Crippen molar-refractivity contribution in [3.05, 3.63) is 65.0 Å². The fourth-order valence-corrected chi connectivity index (χ4v) is 3.06. The van der Waals surface area contributed by atoms with Gasteiger partial charge in [0, 0.05) is 18.3 Å². The quantitative estimate of drug-likeness (QED) is 0.573. The average Bonchev–Trinajstić information content (AvgIpc) is 2.70. The van der Waals surface area contributed by atoms with Crippen LogP contribution in [0.25, 0.3) is 0 Å². The van der Waals surface area contributed by atoms with Crippen molar-refractivity contribution in [3.63, 3.8) is 0 Å². The zero-order chi connectivity index (χ0) is 20.8. The Hall–Kier alpha value is -3.28. The molecule has 0 saturated heterocycles. The number of nitrogens with zero attached hydrogens (tertiary/aromatic N) is 2. The monoisotopic (exact) mass is 392 g/mol. The maximum absolute atomic E-state index is 5.37. The molecule has 0 aliphatic carbocycles. The Morgan fingerprint density at radius 3 is 2.28 bits per heavy atom. The molecular formula is C23H28N4O2. The Morgan fingerprint density at radius 2 is 1.55 bits per heavy atom. The minimum atomic E-state index is 0.715. The molecule has 3 aromatic rings. The van der Waals surface area contributed by atoms with Crippen LogP contribution in [0.4, 0.5) is 17.3 Å². The molecule has 1 aromatic heterocycles. The number of aromatic nitrogens is 2. The number of nitrogens with one attached hydrogen (secondary N) is 2. The van der Waals surface area contributed by atoms with Crippen molar-refractivity contribution < 1.29 is 9.47 Å². The molecule has 29 heavy (non-hydrogen) atoms. The number of methoxy groups -OCH3 is 2. The summed E-state index contributed by atoms with van der Waals surface area (Å²) in [6, 6.07) is 14.2. The number of hydrogen-bond acceptors (Lipinski definition) is 6. The lowest BCUT2D eigenvalue weighted by molar-refractivity contribution is 0.354. The second kappa shape index (κ2) is 9.28. The summed E-state index contributed by atoms with van der Waals surface area (Å²) < 4.78 is 10.7. The van der Waals surface area contributed by atoms with Crippen LogP contribution in [0.3, 0.4) is 0 Å². The molecule has 3 rings (SSSR count). The zero-order valence-corrected chi connectivity index (χ0v) is 17.7. The van der Waals surface area contributed by atoms with Crippen LogP contribution in [0.2, 0.25) is 0 Å². The van der Waals surface area contributed by atoms with Gasteiger partial charge >= 0.3 is 0 Å². The summed E-state index contributed by atoms with van der Waals surface area (Å²) in [5.74, 6) is 3.76. The van der Waals surface area contributed by atoms with Gasteiger partial charge in [0.25, 0.3) is 0 Å². The van der Waals surface area contributed by atoms with Crippen LogP contribution in [0.15, 0.2) is 42.5 Å². The minimum Gasteiger partial charge on any atom is -0.493 e. The van der Waals surface area contributed by atoms with E-state index in [0.29, 0.717) is 5.82 Å². The summed E-state index contributed by atoms with van der Waals surface area (Å²) in [4.78, 5) is 8.99. The summed E-state index contributed by atoms with van der Waals surface area (Å²) >= 11 is 0. The van der Waals surface area contributed by atoms with Gasteiger partial charge in [0.15, 0.2) is 11.5 Å². The third kappa shape index (κ3) is 5.38. The van der Waals surface area contributed by atoms with Gasteiger partial charge in [-0.15, -0.1) is 0 Å². The molecule has 0 amide bonds. The molecule has 0 fully saturated rings. The first-order valence-corrected chi connectivity index (χ1v) is 9.63. The minimum absolute atomic E-state index is 0.715. The van der Waals surface area contributed by atoms with E-state index in [4.69, 9.17) is 9.47 Å². The van der Waals surface area contributed by atoms with E-state index < -0.39 is 0 Å². The highest BCUT2D eigenvalue weighted by atomic mass is 16.5. The Morgan fingerprint density at radius 1 is 0.793 bits per heavy atom. The SMILES string of the molecule is COc1ccc(CCNc2cc(Nc3ccc(C)c(C)c3)nc(C)n2)cc1OC. The lowest BCUT2D eigenvalue weighted by atomic mass is 10.1. The normalized spacial score (nSPS) is 10.5. The number of benzene rings is 2. The molecule has 152 valence electrons. The molecule has 2 aromatic carbocycles. The third-order valence-electron chi connectivity index (χ3n) is 4.79. The van der Waals surface area contributed by atoms with Gasteiger partial charge in [-0.05, 0) is 68.1 Å². The predicted octanol–water partition coefficient (Wildman–Crippen LogP) is 4.82. The van der Waals surface area contributed by atoms with Crippen LogP contribution >= 0.6 is 0 Å². The fourth-order valence-electron chi connectivity index (χ4n) is 3.06. The average molecular weight is 393 g/mol. The Bertz CT molecular complexity index is 989. The highest BCUT2D eigenvalue weighted by Gasteiger charge is 2.06. The number of hydrogen-bond donors (Lipinski definition) is 2. The van der Waals surface area contributed by atoms with Crippen molar-refractivity contribution in [2.24, 2.45) is 0 Å². The van der Waals surface area contributed by atoms with Crippen LogP contribution in [0.5, 0.6) is 11.5 Å². The van der Waals surface area contributed by atoms with Crippen LogP contribution in [0, 0.1) is 20.8 Å². The van der Waals surface area contributed by atoms with Crippen LogP contribution in [-0.4, -0.2) is 30.7 Å². The van der Waals surface area contributed by atoms with Crippen LogP contribution in [-0.2, 0) is 6.42 Å². The molecule has 2 N–H and O–H groups in total. The number of ether oxygens (including phenoxy) is 2. The first kappa shape index (κ1) is 20.5. The van der Waals surface area contributed by atoms with E-state index in [0.717, 1.165) is 47.4 Å². The van der Waals surface area contributed by atoms with Crippen molar-refractivity contribution >= 4 is 17.3 Å². The second-order valence-electron chi connectivity index (χ2n) is 6.98.